The second-order valence-electron chi connectivity index (χ2n) is 6.87. The zero-order valence-corrected chi connectivity index (χ0v) is 14.4. The Balaban J connectivity index is 1.64. The van der Waals surface area contributed by atoms with Gasteiger partial charge in [-0.1, -0.05) is 32.0 Å². The number of carbonyl (C=O) groups excluding carboxylic acids is 2. The van der Waals surface area contributed by atoms with E-state index < -0.39 is 5.97 Å². The molecule has 1 fully saturated rings. The molecule has 2 aromatic rings. The van der Waals surface area contributed by atoms with Crippen molar-refractivity contribution >= 4 is 22.8 Å². The summed E-state index contributed by atoms with van der Waals surface area (Å²) >= 11 is 0. The second kappa shape index (κ2) is 6.67. The molecule has 1 aliphatic rings. The highest BCUT2D eigenvalue weighted by molar-refractivity contribution is 5.96. The maximum atomic E-state index is 12.3. The highest BCUT2D eigenvalue weighted by Gasteiger charge is 2.27. The molecule has 0 aliphatic carbocycles. The van der Waals surface area contributed by atoms with Gasteiger partial charge in [-0.05, 0) is 31.2 Å². The zero-order chi connectivity index (χ0) is 17.3. The fourth-order valence-corrected chi connectivity index (χ4v) is 3.52. The summed E-state index contributed by atoms with van der Waals surface area (Å²) in [4.78, 5) is 26.4. The minimum atomic E-state index is -0.588. The Kier molecular flexibility index (Phi) is 4.60. The number of piperidine rings is 1. The van der Waals surface area contributed by atoms with Gasteiger partial charge in [0.1, 0.15) is 5.58 Å². The fourth-order valence-electron chi connectivity index (χ4n) is 3.52. The summed E-state index contributed by atoms with van der Waals surface area (Å²) in [5.41, 5.74) is 1.38. The van der Waals surface area contributed by atoms with Crippen molar-refractivity contribution in [3.05, 3.63) is 35.6 Å². The van der Waals surface area contributed by atoms with E-state index in [4.69, 9.17) is 9.15 Å². The normalized spacial score (nSPS) is 21.0. The van der Waals surface area contributed by atoms with Crippen molar-refractivity contribution < 1.29 is 18.7 Å². The molecular weight excluding hydrogens is 306 g/mol. The summed E-state index contributed by atoms with van der Waals surface area (Å²) < 4.78 is 10.8. The van der Waals surface area contributed by atoms with Gasteiger partial charge in [0.15, 0.2) is 6.61 Å². The zero-order valence-electron chi connectivity index (χ0n) is 14.4. The minimum absolute atomic E-state index is 0.143. The van der Waals surface area contributed by atoms with Crippen LogP contribution in [0.15, 0.2) is 28.7 Å². The number of furan rings is 1. The van der Waals surface area contributed by atoms with Gasteiger partial charge >= 0.3 is 5.97 Å². The predicted octanol–water partition coefficient (Wildman–Crippen LogP) is 3.40. The lowest BCUT2D eigenvalue weighted by molar-refractivity contribution is -0.137. The van der Waals surface area contributed by atoms with Crippen LogP contribution in [0.1, 0.15) is 36.4 Å². The van der Waals surface area contributed by atoms with E-state index in [0.29, 0.717) is 17.4 Å². The molecule has 24 heavy (non-hydrogen) atoms. The van der Waals surface area contributed by atoms with Crippen molar-refractivity contribution in [2.45, 2.75) is 27.2 Å². The van der Waals surface area contributed by atoms with E-state index in [1.54, 1.807) is 11.0 Å². The fraction of sp³-hybridized carbons (Fsp3) is 0.474. The average molecular weight is 329 g/mol. The van der Waals surface area contributed by atoms with Gasteiger partial charge in [-0.15, -0.1) is 0 Å². The monoisotopic (exact) mass is 329 g/mol. The third-order valence-corrected chi connectivity index (χ3v) is 4.58. The van der Waals surface area contributed by atoms with Gasteiger partial charge in [0.25, 0.3) is 5.91 Å². The Morgan fingerprint density at radius 1 is 1.21 bits per heavy atom. The maximum Gasteiger partial charge on any atom is 0.375 e. The van der Waals surface area contributed by atoms with Crippen LogP contribution in [0, 0.1) is 18.8 Å². The van der Waals surface area contributed by atoms with E-state index in [1.807, 2.05) is 25.1 Å². The molecule has 0 bridgehead atoms. The van der Waals surface area contributed by atoms with Gasteiger partial charge in [0.2, 0.25) is 5.76 Å². The SMILES string of the molecule is Cc1c(C(=O)OCC(=O)N2C[C@H](C)C[C@@H](C)C2)oc2ccccc12. The number of rotatable bonds is 3. The number of fused-ring (bicyclic) bond motifs is 1. The highest BCUT2D eigenvalue weighted by Crippen LogP contribution is 2.25. The molecular formula is C19H23NO4. The predicted molar refractivity (Wildman–Crippen MR) is 90.8 cm³/mol. The molecule has 0 unspecified atom stereocenters. The Labute approximate surface area is 141 Å². The van der Waals surface area contributed by atoms with Crippen LogP contribution in [0.25, 0.3) is 11.0 Å². The molecule has 2 atom stereocenters. The lowest BCUT2D eigenvalue weighted by Gasteiger charge is -2.34. The summed E-state index contributed by atoms with van der Waals surface area (Å²) in [5, 5.41) is 0.884. The molecule has 5 heteroatoms. The number of nitrogens with zero attached hydrogens (tertiary/aromatic N) is 1. The van der Waals surface area contributed by atoms with Crippen molar-refractivity contribution in [2.75, 3.05) is 19.7 Å². The Bertz CT molecular complexity index is 754. The molecule has 1 saturated heterocycles. The molecule has 1 aromatic carbocycles. The third kappa shape index (κ3) is 3.30. The van der Waals surface area contributed by atoms with Crippen molar-refractivity contribution in [1.29, 1.82) is 0 Å². The van der Waals surface area contributed by atoms with Crippen molar-refractivity contribution in [3.8, 4) is 0 Å². The van der Waals surface area contributed by atoms with Gasteiger partial charge in [-0.3, -0.25) is 4.79 Å². The smallest absolute Gasteiger partial charge is 0.375 e. The summed E-state index contributed by atoms with van der Waals surface area (Å²) in [6, 6.07) is 7.44. The van der Waals surface area contributed by atoms with Crippen LogP contribution in [0.2, 0.25) is 0 Å². The second-order valence-corrected chi connectivity index (χ2v) is 6.87. The van der Waals surface area contributed by atoms with Crippen molar-refractivity contribution in [1.82, 2.24) is 4.90 Å². The highest BCUT2D eigenvalue weighted by atomic mass is 16.5. The minimum Gasteiger partial charge on any atom is -0.450 e. The third-order valence-electron chi connectivity index (χ3n) is 4.58. The van der Waals surface area contributed by atoms with Crippen LogP contribution >= 0.6 is 0 Å². The number of hydrogen-bond acceptors (Lipinski definition) is 4. The number of amides is 1. The van der Waals surface area contributed by atoms with Crippen LogP contribution in [0.3, 0.4) is 0 Å². The number of benzene rings is 1. The van der Waals surface area contributed by atoms with Crippen LogP contribution in [-0.4, -0.2) is 36.5 Å². The number of likely N-dealkylation sites (tertiary alicyclic amines) is 1. The van der Waals surface area contributed by atoms with E-state index in [9.17, 15) is 9.59 Å². The molecule has 0 saturated carbocycles. The maximum absolute atomic E-state index is 12.3. The van der Waals surface area contributed by atoms with Gasteiger partial charge < -0.3 is 14.1 Å². The topological polar surface area (TPSA) is 59.8 Å². The molecule has 0 spiro atoms. The Morgan fingerprint density at radius 2 is 1.88 bits per heavy atom. The summed E-state index contributed by atoms with van der Waals surface area (Å²) in [7, 11) is 0. The first-order chi connectivity index (χ1) is 11.5. The molecule has 2 heterocycles. The number of esters is 1. The van der Waals surface area contributed by atoms with Crippen molar-refractivity contribution in [2.24, 2.45) is 11.8 Å². The number of para-hydroxylation sites is 1. The lowest BCUT2D eigenvalue weighted by atomic mass is 9.92. The average Bonchev–Trinajstić information content (AvgIpc) is 2.89. The molecule has 5 nitrogen and oxygen atoms in total. The quantitative estimate of drug-likeness (QED) is 0.810. The summed E-state index contributed by atoms with van der Waals surface area (Å²) in [5.74, 6) is 0.395. The number of carbonyl (C=O) groups is 2. The van der Waals surface area contributed by atoms with Crippen LogP contribution < -0.4 is 0 Å². The largest absolute Gasteiger partial charge is 0.450 e. The summed E-state index contributed by atoms with van der Waals surface area (Å²) in [6.07, 6.45) is 1.13. The van der Waals surface area contributed by atoms with Gasteiger partial charge in [-0.2, -0.15) is 0 Å². The molecule has 1 aliphatic heterocycles. The molecule has 0 N–H and O–H groups in total. The summed E-state index contributed by atoms with van der Waals surface area (Å²) in [6.45, 7) is 7.31. The molecule has 128 valence electrons. The van der Waals surface area contributed by atoms with E-state index in [1.165, 1.54) is 0 Å². The molecule has 1 aromatic heterocycles. The Hall–Kier alpha value is -2.30. The van der Waals surface area contributed by atoms with E-state index in [0.717, 1.165) is 30.5 Å². The molecule has 3 rings (SSSR count). The first kappa shape index (κ1) is 16.6. The van der Waals surface area contributed by atoms with Crippen LogP contribution in [0.5, 0.6) is 0 Å². The van der Waals surface area contributed by atoms with E-state index >= 15 is 0 Å². The van der Waals surface area contributed by atoms with Gasteiger partial charge in [0.05, 0.1) is 0 Å². The number of aryl methyl sites for hydroxylation is 1. The Morgan fingerprint density at radius 3 is 2.54 bits per heavy atom. The van der Waals surface area contributed by atoms with Gasteiger partial charge in [-0.25, -0.2) is 4.79 Å². The molecule has 1 amide bonds. The standard InChI is InChI=1S/C19H23NO4/c1-12-8-13(2)10-20(9-12)17(21)11-23-19(22)18-14(3)15-6-4-5-7-16(15)24-18/h4-7,12-13H,8-11H2,1-3H3/t12-,13-/m1/s1. The first-order valence-electron chi connectivity index (χ1n) is 8.38. The van der Waals surface area contributed by atoms with Crippen LogP contribution in [0.4, 0.5) is 0 Å². The number of hydrogen-bond donors (Lipinski definition) is 0. The number of ether oxygens (including phenoxy) is 1. The molecule has 0 radical (unpaired) electrons. The first-order valence-corrected chi connectivity index (χ1v) is 8.38. The van der Waals surface area contributed by atoms with Crippen molar-refractivity contribution in [3.63, 3.8) is 0 Å². The van der Waals surface area contributed by atoms with E-state index in [2.05, 4.69) is 13.8 Å². The van der Waals surface area contributed by atoms with Gasteiger partial charge in [0, 0.05) is 24.0 Å². The van der Waals surface area contributed by atoms with E-state index in [-0.39, 0.29) is 18.3 Å². The lowest BCUT2D eigenvalue weighted by Crippen LogP contribution is -2.44. The van der Waals surface area contributed by atoms with Crippen LogP contribution in [-0.2, 0) is 9.53 Å².